The number of hydrogen-bond donors (Lipinski definition) is 2. The standard InChI is InChI=1S/C19H21N3OS/c1-23-16-9-7-15(8-10-16)18-17(13-14-5-3-2-4-6-14)24-19(22-18)21-12-11-20/h2-10H,11-13,20H2,1H3,(H,21,22). The molecule has 0 bridgehead atoms. The quantitative estimate of drug-likeness (QED) is 0.688. The largest absolute Gasteiger partial charge is 0.497 e. The molecule has 0 saturated carbocycles. The van der Waals surface area contributed by atoms with Crippen molar-refractivity contribution in [1.29, 1.82) is 0 Å². The van der Waals surface area contributed by atoms with E-state index in [1.807, 2.05) is 18.2 Å². The van der Waals surface area contributed by atoms with Gasteiger partial charge in [0.15, 0.2) is 5.13 Å². The van der Waals surface area contributed by atoms with Crippen molar-refractivity contribution in [3.63, 3.8) is 0 Å². The summed E-state index contributed by atoms with van der Waals surface area (Å²) in [6.45, 7) is 1.31. The monoisotopic (exact) mass is 339 g/mol. The number of aromatic nitrogens is 1. The van der Waals surface area contributed by atoms with Crippen LogP contribution in [0.4, 0.5) is 5.13 Å². The van der Waals surface area contributed by atoms with Gasteiger partial charge in [-0.05, 0) is 29.8 Å². The van der Waals surface area contributed by atoms with Crippen LogP contribution in [0.1, 0.15) is 10.4 Å². The summed E-state index contributed by atoms with van der Waals surface area (Å²) in [5.74, 6) is 0.847. The number of hydrogen-bond acceptors (Lipinski definition) is 5. The van der Waals surface area contributed by atoms with Crippen LogP contribution in [0.15, 0.2) is 54.6 Å². The zero-order chi connectivity index (χ0) is 16.8. The van der Waals surface area contributed by atoms with Gasteiger partial charge in [-0.2, -0.15) is 0 Å². The Bertz CT molecular complexity index is 769. The Morgan fingerprint density at radius 3 is 2.50 bits per heavy atom. The average Bonchev–Trinajstić information content (AvgIpc) is 3.03. The van der Waals surface area contributed by atoms with Crippen LogP contribution in [0.25, 0.3) is 11.3 Å². The van der Waals surface area contributed by atoms with E-state index in [0.29, 0.717) is 6.54 Å². The van der Waals surface area contributed by atoms with Crippen molar-refractivity contribution in [2.45, 2.75) is 6.42 Å². The molecule has 0 aliphatic heterocycles. The highest BCUT2D eigenvalue weighted by atomic mass is 32.1. The number of rotatable bonds is 7. The van der Waals surface area contributed by atoms with Gasteiger partial charge in [0, 0.05) is 30.0 Å². The van der Waals surface area contributed by atoms with Gasteiger partial charge < -0.3 is 15.8 Å². The molecule has 0 amide bonds. The molecule has 0 radical (unpaired) electrons. The van der Waals surface area contributed by atoms with Crippen LogP contribution in [0.3, 0.4) is 0 Å². The molecule has 3 N–H and O–H groups in total. The number of nitrogens with two attached hydrogens (primary N) is 1. The Labute approximate surface area is 146 Å². The number of nitrogens with zero attached hydrogens (tertiary/aromatic N) is 1. The van der Waals surface area contributed by atoms with Gasteiger partial charge in [0.05, 0.1) is 12.8 Å². The molecule has 0 fully saturated rings. The van der Waals surface area contributed by atoms with E-state index in [-0.39, 0.29) is 0 Å². The Balaban J connectivity index is 1.93. The minimum absolute atomic E-state index is 0.589. The predicted octanol–water partition coefficient (Wildman–Crippen LogP) is 3.78. The summed E-state index contributed by atoms with van der Waals surface area (Å²) in [7, 11) is 1.67. The highest BCUT2D eigenvalue weighted by Crippen LogP contribution is 2.33. The van der Waals surface area contributed by atoms with Crippen LogP contribution >= 0.6 is 11.3 Å². The van der Waals surface area contributed by atoms with Gasteiger partial charge in [-0.3, -0.25) is 0 Å². The predicted molar refractivity (Wildman–Crippen MR) is 101 cm³/mol. The molecule has 1 aromatic heterocycles. The lowest BCUT2D eigenvalue weighted by molar-refractivity contribution is 0.415. The van der Waals surface area contributed by atoms with E-state index in [1.54, 1.807) is 18.4 Å². The summed E-state index contributed by atoms with van der Waals surface area (Å²) in [4.78, 5) is 6.02. The molecule has 0 aliphatic carbocycles. The normalized spacial score (nSPS) is 10.6. The number of thiazole rings is 1. The Morgan fingerprint density at radius 1 is 1.08 bits per heavy atom. The smallest absolute Gasteiger partial charge is 0.183 e. The summed E-state index contributed by atoms with van der Waals surface area (Å²) >= 11 is 1.69. The van der Waals surface area contributed by atoms with E-state index in [1.165, 1.54) is 10.4 Å². The maximum atomic E-state index is 5.59. The van der Waals surface area contributed by atoms with Gasteiger partial charge in [0.25, 0.3) is 0 Å². The molecule has 0 atom stereocenters. The molecule has 0 saturated heterocycles. The molecule has 5 heteroatoms. The van der Waals surface area contributed by atoms with Crippen molar-refractivity contribution >= 4 is 16.5 Å². The number of anilines is 1. The third-order valence-electron chi connectivity index (χ3n) is 3.69. The zero-order valence-electron chi connectivity index (χ0n) is 13.7. The molecule has 4 nitrogen and oxygen atoms in total. The fourth-order valence-electron chi connectivity index (χ4n) is 2.48. The summed E-state index contributed by atoms with van der Waals surface area (Å²) in [5, 5.41) is 4.21. The molecule has 2 aromatic carbocycles. The molecule has 0 spiro atoms. The number of benzene rings is 2. The maximum Gasteiger partial charge on any atom is 0.183 e. The summed E-state index contributed by atoms with van der Waals surface area (Å²) < 4.78 is 5.25. The van der Waals surface area contributed by atoms with E-state index in [0.717, 1.165) is 35.1 Å². The molecule has 24 heavy (non-hydrogen) atoms. The lowest BCUT2D eigenvalue weighted by Gasteiger charge is -2.04. The second-order valence-corrected chi connectivity index (χ2v) is 6.48. The van der Waals surface area contributed by atoms with Crippen molar-refractivity contribution in [3.05, 3.63) is 65.0 Å². The topological polar surface area (TPSA) is 60.2 Å². The van der Waals surface area contributed by atoms with Crippen molar-refractivity contribution in [3.8, 4) is 17.0 Å². The fourth-order valence-corrected chi connectivity index (χ4v) is 3.53. The molecule has 3 aromatic rings. The van der Waals surface area contributed by atoms with E-state index >= 15 is 0 Å². The lowest BCUT2D eigenvalue weighted by Crippen LogP contribution is -2.12. The van der Waals surface area contributed by atoms with E-state index in [2.05, 4.69) is 41.7 Å². The van der Waals surface area contributed by atoms with E-state index < -0.39 is 0 Å². The van der Waals surface area contributed by atoms with Gasteiger partial charge >= 0.3 is 0 Å². The van der Waals surface area contributed by atoms with Crippen molar-refractivity contribution < 1.29 is 4.74 Å². The van der Waals surface area contributed by atoms with Gasteiger partial charge in [-0.25, -0.2) is 4.98 Å². The third-order valence-corrected chi connectivity index (χ3v) is 4.70. The van der Waals surface area contributed by atoms with Crippen molar-refractivity contribution in [2.75, 3.05) is 25.5 Å². The Hall–Kier alpha value is -2.37. The average molecular weight is 339 g/mol. The van der Waals surface area contributed by atoms with Crippen LogP contribution in [0.5, 0.6) is 5.75 Å². The van der Waals surface area contributed by atoms with Crippen LogP contribution in [0, 0.1) is 0 Å². The highest BCUT2D eigenvalue weighted by Gasteiger charge is 2.13. The first kappa shape index (κ1) is 16.5. The summed E-state index contributed by atoms with van der Waals surface area (Å²) in [5.41, 5.74) is 8.98. The number of nitrogens with one attached hydrogen (secondary N) is 1. The fraction of sp³-hybridized carbons (Fsp3) is 0.211. The van der Waals surface area contributed by atoms with Gasteiger partial charge in [-0.1, -0.05) is 30.3 Å². The van der Waals surface area contributed by atoms with Crippen molar-refractivity contribution in [2.24, 2.45) is 5.73 Å². The lowest BCUT2D eigenvalue weighted by atomic mass is 10.1. The molecule has 124 valence electrons. The zero-order valence-corrected chi connectivity index (χ0v) is 14.5. The van der Waals surface area contributed by atoms with Crippen LogP contribution in [-0.2, 0) is 6.42 Å². The molecule has 0 unspecified atom stereocenters. The van der Waals surface area contributed by atoms with Gasteiger partial charge in [-0.15, -0.1) is 11.3 Å². The summed E-state index contributed by atoms with van der Waals surface area (Å²) in [6.07, 6.45) is 0.865. The molecule has 1 heterocycles. The number of ether oxygens (including phenoxy) is 1. The maximum absolute atomic E-state index is 5.59. The molecule has 3 rings (SSSR count). The van der Waals surface area contributed by atoms with Crippen LogP contribution in [-0.4, -0.2) is 25.2 Å². The van der Waals surface area contributed by atoms with E-state index in [9.17, 15) is 0 Å². The van der Waals surface area contributed by atoms with Crippen molar-refractivity contribution in [1.82, 2.24) is 4.98 Å². The minimum Gasteiger partial charge on any atom is -0.497 e. The van der Waals surface area contributed by atoms with Crippen LogP contribution < -0.4 is 15.8 Å². The molecular formula is C19H21N3OS. The molecule has 0 aliphatic rings. The SMILES string of the molecule is COc1ccc(-c2nc(NCCN)sc2Cc2ccccc2)cc1. The molecular weight excluding hydrogens is 318 g/mol. The second kappa shape index (κ2) is 7.95. The second-order valence-electron chi connectivity index (χ2n) is 5.40. The Morgan fingerprint density at radius 2 is 1.83 bits per heavy atom. The highest BCUT2D eigenvalue weighted by molar-refractivity contribution is 7.16. The van der Waals surface area contributed by atoms with Gasteiger partial charge in [0.1, 0.15) is 5.75 Å². The van der Waals surface area contributed by atoms with Crippen LogP contribution in [0.2, 0.25) is 0 Å². The van der Waals surface area contributed by atoms with E-state index in [4.69, 9.17) is 15.5 Å². The first-order valence-corrected chi connectivity index (χ1v) is 8.74. The summed E-state index contributed by atoms with van der Waals surface area (Å²) in [6, 6.07) is 18.5. The third kappa shape index (κ3) is 3.93. The van der Waals surface area contributed by atoms with Gasteiger partial charge in [0.2, 0.25) is 0 Å². The Kier molecular flexibility index (Phi) is 5.46. The first-order chi connectivity index (χ1) is 11.8. The number of methoxy groups -OCH3 is 1. The first-order valence-electron chi connectivity index (χ1n) is 7.92. The minimum atomic E-state index is 0.589.